The number of rotatable bonds is 5. The second-order valence-electron chi connectivity index (χ2n) is 6.33. The average molecular weight is 324 g/mol. The Balaban J connectivity index is 2.00. The molecule has 2 aromatic rings. The van der Waals surface area contributed by atoms with Crippen molar-refractivity contribution >= 4 is 23.2 Å². The first kappa shape index (κ1) is 17.7. The van der Waals surface area contributed by atoms with Crippen molar-refractivity contribution < 1.29 is 9.59 Å². The predicted octanol–water partition coefficient (Wildman–Crippen LogP) is 4.39. The maximum Gasteiger partial charge on any atom is 0.233 e. The van der Waals surface area contributed by atoms with Crippen molar-refractivity contribution in [2.75, 3.05) is 10.6 Å². The number of carbonyl (C=O) groups is 2. The second-order valence-corrected chi connectivity index (χ2v) is 6.33. The maximum absolute atomic E-state index is 12.2. The third-order valence-electron chi connectivity index (χ3n) is 3.85. The summed E-state index contributed by atoms with van der Waals surface area (Å²) in [5, 5.41) is 5.64. The van der Waals surface area contributed by atoms with E-state index in [1.165, 1.54) is 0 Å². The van der Waals surface area contributed by atoms with Gasteiger partial charge in [0.15, 0.2) is 0 Å². The van der Waals surface area contributed by atoms with E-state index in [-0.39, 0.29) is 18.2 Å². The van der Waals surface area contributed by atoms with Crippen molar-refractivity contribution in [1.82, 2.24) is 0 Å². The first-order valence-corrected chi connectivity index (χ1v) is 8.12. The van der Waals surface area contributed by atoms with Gasteiger partial charge in [-0.2, -0.15) is 0 Å². The minimum atomic E-state index is -0.316. The van der Waals surface area contributed by atoms with Gasteiger partial charge in [-0.3, -0.25) is 9.59 Å². The third-order valence-corrected chi connectivity index (χ3v) is 3.85. The highest BCUT2D eigenvalue weighted by Gasteiger charge is 2.13. The molecule has 24 heavy (non-hydrogen) atoms. The van der Waals surface area contributed by atoms with Gasteiger partial charge in [-0.1, -0.05) is 44.2 Å². The van der Waals surface area contributed by atoms with Crippen LogP contribution in [0.15, 0.2) is 42.5 Å². The lowest BCUT2D eigenvalue weighted by Crippen LogP contribution is -2.22. The molecule has 0 saturated carbocycles. The van der Waals surface area contributed by atoms with Crippen LogP contribution in [0.3, 0.4) is 0 Å². The van der Waals surface area contributed by atoms with Crippen molar-refractivity contribution in [2.24, 2.45) is 0 Å². The normalized spacial score (nSPS) is 10.5. The van der Waals surface area contributed by atoms with Crippen LogP contribution in [0.1, 0.15) is 42.9 Å². The smallest absolute Gasteiger partial charge is 0.233 e. The van der Waals surface area contributed by atoms with Crippen LogP contribution in [-0.2, 0) is 9.59 Å². The van der Waals surface area contributed by atoms with Crippen LogP contribution in [0, 0.1) is 13.8 Å². The zero-order chi connectivity index (χ0) is 17.7. The second kappa shape index (κ2) is 7.77. The van der Waals surface area contributed by atoms with Crippen LogP contribution < -0.4 is 10.6 Å². The molecular weight excluding hydrogens is 300 g/mol. The molecule has 0 spiro atoms. The highest BCUT2D eigenvalue weighted by molar-refractivity contribution is 6.08. The number of amides is 2. The van der Waals surface area contributed by atoms with Gasteiger partial charge >= 0.3 is 0 Å². The van der Waals surface area contributed by atoms with E-state index in [2.05, 4.69) is 24.5 Å². The molecule has 0 radical (unpaired) electrons. The molecule has 0 fully saturated rings. The number of hydrogen-bond donors (Lipinski definition) is 2. The molecule has 0 aromatic heterocycles. The molecule has 2 N–H and O–H groups in total. The molecule has 0 aliphatic carbocycles. The molecule has 4 nitrogen and oxygen atoms in total. The van der Waals surface area contributed by atoms with Gasteiger partial charge in [0, 0.05) is 11.4 Å². The Labute approximate surface area is 143 Å². The van der Waals surface area contributed by atoms with E-state index >= 15 is 0 Å². The topological polar surface area (TPSA) is 58.2 Å². The largest absolute Gasteiger partial charge is 0.325 e. The lowest BCUT2D eigenvalue weighted by atomic mass is 10.0. The number of hydrogen-bond acceptors (Lipinski definition) is 2. The number of para-hydroxylation sites is 1. The molecule has 0 atom stereocenters. The van der Waals surface area contributed by atoms with Gasteiger partial charge in [0.2, 0.25) is 11.8 Å². The summed E-state index contributed by atoms with van der Waals surface area (Å²) >= 11 is 0. The summed E-state index contributed by atoms with van der Waals surface area (Å²) in [5.41, 5.74) is 4.60. The monoisotopic (exact) mass is 324 g/mol. The highest BCUT2D eigenvalue weighted by atomic mass is 16.2. The Morgan fingerprint density at radius 3 is 2.21 bits per heavy atom. The summed E-state index contributed by atoms with van der Waals surface area (Å²) in [4.78, 5) is 24.3. The van der Waals surface area contributed by atoms with E-state index in [4.69, 9.17) is 0 Å². The Bertz CT molecular complexity index is 751. The average Bonchev–Trinajstić information content (AvgIpc) is 2.51. The van der Waals surface area contributed by atoms with E-state index in [9.17, 15) is 9.59 Å². The van der Waals surface area contributed by atoms with Crippen LogP contribution in [0.25, 0.3) is 0 Å². The lowest BCUT2D eigenvalue weighted by molar-refractivity contribution is -0.123. The van der Waals surface area contributed by atoms with Gasteiger partial charge in [-0.25, -0.2) is 0 Å². The molecule has 4 heteroatoms. The molecule has 126 valence electrons. The van der Waals surface area contributed by atoms with Gasteiger partial charge in [0.05, 0.1) is 0 Å². The summed E-state index contributed by atoms with van der Waals surface area (Å²) in [5.74, 6) is -0.334. The van der Waals surface area contributed by atoms with Gasteiger partial charge < -0.3 is 10.6 Å². The molecule has 0 aliphatic rings. The zero-order valence-electron chi connectivity index (χ0n) is 14.6. The lowest BCUT2D eigenvalue weighted by Gasteiger charge is -2.14. The van der Waals surface area contributed by atoms with E-state index < -0.39 is 0 Å². The van der Waals surface area contributed by atoms with Crippen molar-refractivity contribution in [2.45, 2.75) is 40.0 Å². The fourth-order valence-corrected chi connectivity index (χ4v) is 2.52. The van der Waals surface area contributed by atoms with Crippen LogP contribution in [-0.4, -0.2) is 11.8 Å². The minimum absolute atomic E-state index is 0.209. The predicted molar refractivity (Wildman–Crippen MR) is 98.3 cm³/mol. The number of aryl methyl sites for hydroxylation is 2. The Hall–Kier alpha value is -2.62. The van der Waals surface area contributed by atoms with Crippen LogP contribution >= 0.6 is 0 Å². The first-order chi connectivity index (χ1) is 11.4. The summed E-state index contributed by atoms with van der Waals surface area (Å²) in [6, 6.07) is 13.5. The van der Waals surface area contributed by atoms with Crippen LogP contribution in [0.5, 0.6) is 0 Å². The molecule has 2 rings (SSSR count). The molecule has 2 amide bonds. The van der Waals surface area contributed by atoms with Crippen LogP contribution in [0.2, 0.25) is 0 Å². The van der Waals surface area contributed by atoms with Gasteiger partial charge in [-0.05, 0) is 48.6 Å². The fraction of sp³-hybridized carbons (Fsp3) is 0.300. The van der Waals surface area contributed by atoms with E-state index in [0.717, 1.165) is 28.1 Å². The zero-order valence-corrected chi connectivity index (χ0v) is 14.6. The van der Waals surface area contributed by atoms with Gasteiger partial charge in [0.1, 0.15) is 6.42 Å². The summed E-state index contributed by atoms with van der Waals surface area (Å²) in [6.07, 6.45) is -0.209. The molecule has 0 bridgehead atoms. The Morgan fingerprint density at radius 1 is 0.917 bits per heavy atom. The van der Waals surface area contributed by atoms with Crippen LogP contribution in [0.4, 0.5) is 11.4 Å². The Morgan fingerprint density at radius 2 is 1.54 bits per heavy atom. The summed E-state index contributed by atoms with van der Waals surface area (Å²) in [6.45, 7) is 8.02. The molecule has 0 heterocycles. The van der Waals surface area contributed by atoms with Crippen molar-refractivity contribution in [3.05, 3.63) is 59.2 Å². The SMILES string of the molecule is Cc1ccc(C)c(NC(=O)CC(=O)Nc2ccccc2C(C)C)c1. The molecule has 0 saturated heterocycles. The number of carbonyl (C=O) groups excluding carboxylic acids is 2. The number of nitrogens with one attached hydrogen (secondary N) is 2. The maximum atomic E-state index is 12.2. The van der Waals surface area contributed by atoms with E-state index in [1.54, 1.807) is 0 Å². The van der Waals surface area contributed by atoms with Crippen molar-refractivity contribution in [1.29, 1.82) is 0 Å². The molecule has 0 aliphatic heterocycles. The first-order valence-electron chi connectivity index (χ1n) is 8.12. The molecule has 2 aromatic carbocycles. The Kier molecular flexibility index (Phi) is 5.74. The van der Waals surface area contributed by atoms with Crippen molar-refractivity contribution in [3.63, 3.8) is 0 Å². The van der Waals surface area contributed by atoms with E-state index in [1.807, 2.05) is 56.3 Å². The standard InChI is InChI=1S/C20H24N2O2/c1-13(2)16-7-5-6-8-17(16)21-19(23)12-20(24)22-18-11-14(3)9-10-15(18)4/h5-11,13H,12H2,1-4H3,(H,21,23)(H,22,24). The van der Waals surface area contributed by atoms with E-state index in [0.29, 0.717) is 5.92 Å². The number of anilines is 2. The molecule has 0 unspecified atom stereocenters. The molecular formula is C20H24N2O2. The van der Waals surface area contributed by atoms with Gasteiger partial charge in [-0.15, -0.1) is 0 Å². The summed E-state index contributed by atoms with van der Waals surface area (Å²) < 4.78 is 0. The number of benzene rings is 2. The van der Waals surface area contributed by atoms with Crippen molar-refractivity contribution in [3.8, 4) is 0 Å². The minimum Gasteiger partial charge on any atom is -0.325 e. The highest BCUT2D eigenvalue weighted by Crippen LogP contribution is 2.23. The van der Waals surface area contributed by atoms with Gasteiger partial charge in [0.25, 0.3) is 0 Å². The third kappa shape index (κ3) is 4.69. The fourth-order valence-electron chi connectivity index (χ4n) is 2.52. The quantitative estimate of drug-likeness (QED) is 0.801. The summed E-state index contributed by atoms with van der Waals surface area (Å²) in [7, 11) is 0.